The van der Waals surface area contributed by atoms with Crippen LogP contribution in [0.4, 0.5) is 16.3 Å². The lowest BCUT2D eigenvalue weighted by molar-refractivity contribution is 0.262. The van der Waals surface area contributed by atoms with Crippen LogP contribution in [0.5, 0.6) is 0 Å². The zero-order chi connectivity index (χ0) is 15.7. The molecule has 2 aromatic rings. The van der Waals surface area contributed by atoms with E-state index < -0.39 is 16.1 Å². The minimum absolute atomic E-state index is 0.0828. The summed E-state index contributed by atoms with van der Waals surface area (Å²) in [7, 11) is -3.65. The number of carbonyl (C=O) groups excluding carboxylic acids is 1. The minimum atomic E-state index is -3.65. The maximum absolute atomic E-state index is 12.0. The van der Waals surface area contributed by atoms with Crippen LogP contribution in [0.1, 0.15) is 0 Å². The van der Waals surface area contributed by atoms with Gasteiger partial charge >= 0.3 is 6.03 Å². The van der Waals surface area contributed by atoms with Crippen LogP contribution in [0.15, 0.2) is 45.4 Å². The highest BCUT2D eigenvalue weighted by atomic mass is 79.9. The first-order chi connectivity index (χ1) is 10.4. The van der Waals surface area contributed by atoms with Crippen LogP contribution in [0.25, 0.3) is 5.41 Å². The normalized spacial score (nSPS) is 14.4. The second-order valence-corrected chi connectivity index (χ2v) is 6.68. The Hall–Kier alpha value is -2.26. The van der Waals surface area contributed by atoms with E-state index in [1.54, 1.807) is 18.2 Å². The third-order valence-corrected chi connectivity index (χ3v) is 4.48. The lowest BCUT2D eigenvalue weighted by Gasteiger charge is -2.08. The summed E-state index contributed by atoms with van der Waals surface area (Å²) in [6.45, 7) is 0. The number of benzene rings is 1. The SMILES string of the molecule is O=C(Nc1ccccc1Br)Nc1nccc2c1=NS(=O)(=O)C=2. The number of aromatic nitrogens is 1. The summed E-state index contributed by atoms with van der Waals surface area (Å²) in [6.07, 6.45) is 1.40. The maximum atomic E-state index is 12.0. The molecule has 0 spiro atoms. The molecule has 2 amide bonds. The average Bonchev–Trinajstić information content (AvgIpc) is 2.76. The smallest absolute Gasteiger partial charge is 0.307 e. The van der Waals surface area contributed by atoms with Crippen molar-refractivity contribution in [2.75, 3.05) is 10.6 Å². The number of amides is 2. The van der Waals surface area contributed by atoms with E-state index in [9.17, 15) is 13.2 Å². The number of anilines is 2. The molecule has 0 saturated heterocycles. The number of nitrogens with one attached hydrogen (secondary N) is 2. The number of pyridine rings is 1. The Bertz CT molecular complexity index is 989. The van der Waals surface area contributed by atoms with Gasteiger partial charge in [0.15, 0.2) is 5.82 Å². The van der Waals surface area contributed by atoms with E-state index in [4.69, 9.17) is 0 Å². The van der Waals surface area contributed by atoms with Crippen molar-refractivity contribution in [2.24, 2.45) is 4.40 Å². The summed E-state index contributed by atoms with van der Waals surface area (Å²) in [4.78, 5) is 16.0. The predicted molar refractivity (Wildman–Crippen MR) is 85.2 cm³/mol. The topological polar surface area (TPSA) is 101 Å². The largest absolute Gasteiger partial charge is 0.324 e. The first kappa shape index (κ1) is 14.7. The van der Waals surface area contributed by atoms with E-state index in [0.717, 1.165) is 9.88 Å². The molecule has 2 heterocycles. The van der Waals surface area contributed by atoms with E-state index in [1.807, 2.05) is 6.07 Å². The van der Waals surface area contributed by atoms with Crippen molar-refractivity contribution in [1.29, 1.82) is 0 Å². The zero-order valence-corrected chi connectivity index (χ0v) is 13.3. The Morgan fingerprint density at radius 1 is 1.14 bits per heavy atom. The van der Waals surface area contributed by atoms with Crippen LogP contribution in [0.3, 0.4) is 0 Å². The molecule has 7 nitrogen and oxygen atoms in total. The molecule has 0 saturated carbocycles. The van der Waals surface area contributed by atoms with Crippen molar-refractivity contribution >= 4 is 48.9 Å². The van der Waals surface area contributed by atoms with Gasteiger partial charge in [-0.05, 0) is 34.1 Å². The van der Waals surface area contributed by atoms with Crippen molar-refractivity contribution in [3.05, 3.63) is 51.6 Å². The number of urea groups is 1. The second-order valence-electron chi connectivity index (χ2n) is 4.38. The molecule has 0 radical (unpaired) electrons. The van der Waals surface area contributed by atoms with Gasteiger partial charge in [-0.15, -0.1) is 0 Å². The number of rotatable bonds is 2. The molecular formula is C13H9BrN4O3S. The Morgan fingerprint density at radius 2 is 1.91 bits per heavy atom. The fourth-order valence-electron chi connectivity index (χ4n) is 1.89. The predicted octanol–water partition coefficient (Wildman–Crippen LogP) is 1.19. The molecule has 1 aromatic heterocycles. The molecule has 112 valence electrons. The van der Waals surface area contributed by atoms with Crippen molar-refractivity contribution in [3.63, 3.8) is 0 Å². The third-order valence-electron chi connectivity index (χ3n) is 2.80. The summed E-state index contributed by atoms with van der Waals surface area (Å²) < 4.78 is 27.2. The van der Waals surface area contributed by atoms with Crippen LogP contribution in [0.2, 0.25) is 0 Å². The van der Waals surface area contributed by atoms with E-state index in [2.05, 4.69) is 35.9 Å². The van der Waals surface area contributed by atoms with Gasteiger partial charge in [-0.25, -0.2) is 9.78 Å². The second kappa shape index (κ2) is 5.50. The monoisotopic (exact) mass is 380 g/mol. The fourth-order valence-corrected chi connectivity index (χ4v) is 3.28. The van der Waals surface area contributed by atoms with Gasteiger partial charge in [0.25, 0.3) is 10.0 Å². The lowest BCUT2D eigenvalue weighted by Crippen LogP contribution is -2.30. The molecular weight excluding hydrogens is 372 g/mol. The molecule has 22 heavy (non-hydrogen) atoms. The minimum Gasteiger partial charge on any atom is -0.307 e. The number of halogens is 1. The highest BCUT2D eigenvalue weighted by Gasteiger charge is 2.15. The van der Waals surface area contributed by atoms with E-state index in [1.165, 1.54) is 12.3 Å². The molecule has 0 bridgehead atoms. The number of hydrogen-bond donors (Lipinski definition) is 2. The van der Waals surface area contributed by atoms with Gasteiger partial charge in [-0.3, -0.25) is 5.32 Å². The van der Waals surface area contributed by atoms with Crippen molar-refractivity contribution in [3.8, 4) is 0 Å². The summed E-state index contributed by atoms with van der Waals surface area (Å²) in [5.74, 6) is 0.0828. The number of nitrogens with zero attached hydrogens (tertiary/aromatic N) is 2. The zero-order valence-electron chi connectivity index (χ0n) is 10.9. The van der Waals surface area contributed by atoms with Crippen LogP contribution < -0.4 is 21.2 Å². The molecule has 1 aliphatic heterocycles. The Morgan fingerprint density at radius 3 is 2.68 bits per heavy atom. The number of para-hydroxylation sites is 1. The van der Waals surface area contributed by atoms with Gasteiger partial charge in [0.1, 0.15) is 5.36 Å². The Labute approximate surface area is 134 Å². The average molecular weight is 381 g/mol. The maximum Gasteiger partial charge on any atom is 0.324 e. The fraction of sp³-hybridized carbons (Fsp3) is 0. The molecule has 1 aliphatic rings. The van der Waals surface area contributed by atoms with E-state index in [-0.39, 0.29) is 11.2 Å². The summed E-state index contributed by atoms with van der Waals surface area (Å²) in [6, 6.07) is 8.06. The third kappa shape index (κ3) is 3.00. The van der Waals surface area contributed by atoms with Crippen molar-refractivity contribution < 1.29 is 13.2 Å². The van der Waals surface area contributed by atoms with E-state index in [0.29, 0.717) is 10.9 Å². The van der Waals surface area contributed by atoms with Gasteiger partial charge in [-0.2, -0.15) is 12.8 Å². The quantitative estimate of drug-likeness (QED) is 0.816. The number of hydrogen-bond acceptors (Lipinski definition) is 4. The number of fused-ring (bicyclic) bond motifs is 1. The van der Waals surface area contributed by atoms with Gasteiger partial charge in [0.05, 0.1) is 11.1 Å². The summed E-state index contributed by atoms with van der Waals surface area (Å²) in [5, 5.41) is 6.68. The highest BCUT2D eigenvalue weighted by molar-refractivity contribution is 9.10. The van der Waals surface area contributed by atoms with Crippen LogP contribution in [0, 0.1) is 0 Å². The standard InChI is InChI=1S/C13H9BrN4O3S/c14-9-3-1-2-4-10(9)16-13(19)17-12-11-8(5-6-15-12)7-22(20,21)18-11/h1-7H,(H2,15,16,17,19). The first-order valence-corrected chi connectivity index (χ1v) is 8.38. The molecule has 0 aliphatic carbocycles. The summed E-state index contributed by atoms with van der Waals surface area (Å²) in [5.41, 5.74) is 0.573. The van der Waals surface area contributed by atoms with Gasteiger partial charge in [0, 0.05) is 15.9 Å². The summed E-state index contributed by atoms with van der Waals surface area (Å²) >= 11 is 3.31. The van der Waals surface area contributed by atoms with Gasteiger partial charge < -0.3 is 5.32 Å². The van der Waals surface area contributed by atoms with Crippen LogP contribution >= 0.6 is 15.9 Å². The molecule has 9 heteroatoms. The molecule has 0 unspecified atom stereocenters. The van der Waals surface area contributed by atoms with Crippen molar-refractivity contribution in [2.45, 2.75) is 0 Å². The van der Waals surface area contributed by atoms with Gasteiger partial charge in [0.2, 0.25) is 0 Å². The van der Waals surface area contributed by atoms with Crippen molar-refractivity contribution in [1.82, 2.24) is 4.98 Å². The molecule has 0 fully saturated rings. The molecule has 2 N–H and O–H groups in total. The van der Waals surface area contributed by atoms with Gasteiger partial charge in [-0.1, -0.05) is 12.1 Å². The Balaban J connectivity index is 1.88. The Kier molecular flexibility index (Phi) is 3.67. The molecule has 0 atom stereocenters. The van der Waals surface area contributed by atoms with E-state index >= 15 is 0 Å². The molecule has 3 rings (SSSR count). The highest BCUT2D eigenvalue weighted by Crippen LogP contribution is 2.21. The van der Waals surface area contributed by atoms with Crippen LogP contribution in [-0.2, 0) is 10.0 Å². The number of sulfonamides is 1. The number of carbonyl (C=O) groups is 1. The molecule has 1 aromatic carbocycles. The first-order valence-electron chi connectivity index (χ1n) is 6.09. The lowest BCUT2D eigenvalue weighted by atomic mass is 10.3. The van der Waals surface area contributed by atoms with Crippen LogP contribution in [-0.4, -0.2) is 19.4 Å².